The van der Waals surface area contributed by atoms with Crippen molar-refractivity contribution in [3.05, 3.63) is 82.5 Å². The van der Waals surface area contributed by atoms with Crippen molar-refractivity contribution in [1.82, 2.24) is 4.57 Å². The molecule has 8 nitrogen and oxygen atoms in total. The lowest BCUT2D eigenvalue weighted by molar-refractivity contribution is -0.114. The van der Waals surface area contributed by atoms with Gasteiger partial charge in [0, 0.05) is 11.7 Å². The summed E-state index contributed by atoms with van der Waals surface area (Å²) in [6.45, 7) is 3.42. The fourth-order valence-electron chi connectivity index (χ4n) is 3.68. The largest absolute Gasteiger partial charge is 0.455 e. The average molecular weight is 512 g/mol. The lowest BCUT2D eigenvalue weighted by Gasteiger charge is -2.24. The molecule has 0 aliphatic heterocycles. The number of anilines is 2. The Hall–Kier alpha value is -3.63. The summed E-state index contributed by atoms with van der Waals surface area (Å²) in [4.78, 5) is 25.1. The SMILES string of the molecule is CC(C)n1c(=O)sc2cc(NC(=O)CN(c3ccccc3Oc3ccccc3)S(C)(=O)=O)ccc21. The van der Waals surface area contributed by atoms with E-state index >= 15 is 0 Å². The van der Waals surface area contributed by atoms with Crippen molar-refractivity contribution < 1.29 is 17.9 Å². The van der Waals surface area contributed by atoms with Gasteiger partial charge in [-0.1, -0.05) is 41.7 Å². The summed E-state index contributed by atoms with van der Waals surface area (Å²) in [6.07, 6.45) is 1.04. The van der Waals surface area contributed by atoms with Gasteiger partial charge < -0.3 is 10.1 Å². The number of thiazole rings is 1. The normalized spacial score (nSPS) is 11.5. The number of hydrogen-bond acceptors (Lipinski definition) is 6. The molecule has 182 valence electrons. The molecule has 0 spiro atoms. The highest BCUT2D eigenvalue weighted by Crippen LogP contribution is 2.33. The Bertz CT molecular complexity index is 1530. The molecule has 0 fully saturated rings. The highest BCUT2D eigenvalue weighted by Gasteiger charge is 2.24. The van der Waals surface area contributed by atoms with Crippen LogP contribution in [-0.4, -0.2) is 31.7 Å². The maximum Gasteiger partial charge on any atom is 0.308 e. The van der Waals surface area contributed by atoms with Crippen molar-refractivity contribution in [2.24, 2.45) is 0 Å². The van der Waals surface area contributed by atoms with E-state index in [1.807, 2.05) is 32.0 Å². The number of amides is 1. The highest BCUT2D eigenvalue weighted by atomic mass is 32.2. The summed E-state index contributed by atoms with van der Waals surface area (Å²) in [5, 5.41) is 2.74. The molecule has 0 aliphatic rings. The standard InChI is InChI=1S/C25H25N3O5S2/c1-17(2)28-21-14-13-18(15-23(21)34-25(28)30)26-24(29)16-27(35(3,31)32)20-11-7-8-12-22(20)33-19-9-5-4-6-10-19/h4-15,17H,16H2,1-3H3,(H,26,29). The predicted octanol–water partition coefficient (Wildman–Crippen LogP) is 4.84. The minimum atomic E-state index is -3.82. The molecule has 0 saturated carbocycles. The molecule has 3 aromatic carbocycles. The van der Waals surface area contributed by atoms with Gasteiger partial charge in [-0.05, 0) is 56.3 Å². The van der Waals surface area contributed by atoms with Crippen molar-refractivity contribution in [3.63, 3.8) is 0 Å². The van der Waals surface area contributed by atoms with Crippen LogP contribution in [0.3, 0.4) is 0 Å². The lowest BCUT2D eigenvalue weighted by Crippen LogP contribution is -2.37. The number of fused-ring (bicyclic) bond motifs is 1. The number of aromatic nitrogens is 1. The highest BCUT2D eigenvalue weighted by molar-refractivity contribution is 7.92. The second kappa shape index (κ2) is 9.93. The Labute approximate surface area is 207 Å². The summed E-state index contributed by atoms with van der Waals surface area (Å²) in [6, 6.07) is 20.8. The van der Waals surface area contributed by atoms with Crippen LogP contribution < -0.4 is 19.2 Å². The molecule has 0 aliphatic carbocycles. The van der Waals surface area contributed by atoms with Gasteiger partial charge in [0.1, 0.15) is 12.3 Å². The third kappa shape index (κ3) is 5.55. The molecule has 1 aromatic heterocycles. The number of carbonyl (C=O) groups is 1. The summed E-state index contributed by atoms with van der Waals surface area (Å²) < 4.78 is 34.7. The van der Waals surface area contributed by atoms with Crippen LogP contribution in [0.5, 0.6) is 11.5 Å². The van der Waals surface area contributed by atoms with E-state index in [2.05, 4.69) is 5.32 Å². The van der Waals surface area contributed by atoms with Crippen molar-refractivity contribution in [3.8, 4) is 11.5 Å². The van der Waals surface area contributed by atoms with Crippen molar-refractivity contribution in [1.29, 1.82) is 0 Å². The van der Waals surface area contributed by atoms with Gasteiger partial charge in [0.15, 0.2) is 5.75 Å². The van der Waals surface area contributed by atoms with Gasteiger partial charge in [-0.3, -0.25) is 18.5 Å². The zero-order valence-corrected chi connectivity index (χ0v) is 21.1. The molecule has 4 rings (SSSR count). The van der Waals surface area contributed by atoms with E-state index in [4.69, 9.17) is 4.74 Å². The van der Waals surface area contributed by atoms with Crippen molar-refractivity contribution in [2.75, 3.05) is 22.4 Å². The molecular weight excluding hydrogens is 486 g/mol. The average Bonchev–Trinajstić information content (AvgIpc) is 3.13. The number of nitrogens with zero attached hydrogens (tertiary/aromatic N) is 2. The van der Waals surface area contributed by atoms with E-state index in [0.29, 0.717) is 17.2 Å². The van der Waals surface area contributed by atoms with Crippen LogP contribution in [0, 0.1) is 0 Å². The van der Waals surface area contributed by atoms with Gasteiger partial charge in [-0.15, -0.1) is 0 Å². The first-order chi connectivity index (χ1) is 16.6. The molecule has 0 bridgehead atoms. The molecule has 1 heterocycles. The van der Waals surface area contributed by atoms with Crippen LogP contribution in [-0.2, 0) is 14.8 Å². The number of ether oxygens (including phenoxy) is 1. The summed E-state index contributed by atoms with van der Waals surface area (Å²) in [5.41, 5.74) is 1.51. The molecule has 35 heavy (non-hydrogen) atoms. The number of sulfonamides is 1. The Morgan fingerprint density at radius 2 is 1.74 bits per heavy atom. The molecule has 0 atom stereocenters. The number of carbonyl (C=O) groups excluding carboxylic acids is 1. The molecule has 4 aromatic rings. The van der Waals surface area contributed by atoms with Gasteiger partial charge in [0.25, 0.3) is 0 Å². The maximum absolute atomic E-state index is 12.9. The molecule has 0 saturated heterocycles. The first kappa shape index (κ1) is 24.5. The molecule has 10 heteroatoms. The van der Waals surface area contributed by atoms with E-state index in [1.54, 1.807) is 59.2 Å². The Balaban J connectivity index is 1.59. The summed E-state index contributed by atoms with van der Waals surface area (Å²) in [7, 11) is -3.82. The molecule has 1 N–H and O–H groups in total. The Morgan fingerprint density at radius 3 is 2.43 bits per heavy atom. The predicted molar refractivity (Wildman–Crippen MR) is 140 cm³/mol. The zero-order valence-electron chi connectivity index (χ0n) is 19.5. The van der Waals surface area contributed by atoms with E-state index in [1.165, 1.54) is 0 Å². The van der Waals surface area contributed by atoms with E-state index in [-0.39, 0.29) is 16.6 Å². The Kier molecular flexibility index (Phi) is 6.95. The second-order valence-electron chi connectivity index (χ2n) is 8.21. The molecule has 0 radical (unpaired) electrons. The van der Waals surface area contributed by atoms with Crippen molar-refractivity contribution in [2.45, 2.75) is 19.9 Å². The number of para-hydroxylation sites is 3. The number of rotatable bonds is 8. The van der Waals surface area contributed by atoms with Gasteiger partial charge in [-0.25, -0.2) is 8.42 Å². The van der Waals surface area contributed by atoms with E-state index < -0.39 is 22.5 Å². The summed E-state index contributed by atoms with van der Waals surface area (Å²) in [5.74, 6) is 0.316. The van der Waals surface area contributed by atoms with Crippen LogP contribution in [0.1, 0.15) is 19.9 Å². The van der Waals surface area contributed by atoms with Gasteiger partial charge in [-0.2, -0.15) is 0 Å². The minimum Gasteiger partial charge on any atom is -0.455 e. The molecular formula is C25H25N3O5S2. The topological polar surface area (TPSA) is 97.7 Å². The van der Waals surface area contributed by atoms with Crippen LogP contribution >= 0.6 is 11.3 Å². The van der Waals surface area contributed by atoms with Crippen molar-refractivity contribution >= 4 is 48.9 Å². The third-order valence-electron chi connectivity index (χ3n) is 5.21. The number of benzene rings is 3. The quantitative estimate of drug-likeness (QED) is 0.365. The van der Waals surface area contributed by atoms with Gasteiger partial charge in [0.05, 0.1) is 22.2 Å². The zero-order chi connectivity index (χ0) is 25.2. The second-order valence-corrected chi connectivity index (χ2v) is 11.1. The monoisotopic (exact) mass is 511 g/mol. The minimum absolute atomic E-state index is 0.0122. The first-order valence-corrected chi connectivity index (χ1v) is 13.5. The maximum atomic E-state index is 12.9. The first-order valence-electron chi connectivity index (χ1n) is 10.9. The van der Waals surface area contributed by atoms with E-state index in [9.17, 15) is 18.0 Å². The fraction of sp³-hybridized carbons (Fsp3) is 0.200. The molecule has 0 unspecified atom stereocenters. The molecule has 1 amide bonds. The van der Waals surface area contributed by atoms with Crippen LogP contribution in [0.25, 0.3) is 10.2 Å². The Morgan fingerprint density at radius 1 is 1.06 bits per heavy atom. The number of hydrogen-bond donors (Lipinski definition) is 1. The third-order valence-corrected chi connectivity index (χ3v) is 7.25. The van der Waals surface area contributed by atoms with Gasteiger partial charge in [0.2, 0.25) is 15.9 Å². The van der Waals surface area contributed by atoms with E-state index in [0.717, 1.165) is 32.1 Å². The number of nitrogens with one attached hydrogen (secondary N) is 1. The summed E-state index contributed by atoms with van der Waals surface area (Å²) >= 11 is 1.10. The van der Waals surface area contributed by atoms with Crippen LogP contribution in [0.2, 0.25) is 0 Å². The fourth-order valence-corrected chi connectivity index (χ4v) is 5.59. The smallest absolute Gasteiger partial charge is 0.308 e. The van der Waals surface area contributed by atoms with Crippen LogP contribution in [0.4, 0.5) is 11.4 Å². The van der Waals surface area contributed by atoms with Crippen LogP contribution in [0.15, 0.2) is 77.6 Å². The lowest BCUT2D eigenvalue weighted by atomic mass is 10.2. The van der Waals surface area contributed by atoms with Gasteiger partial charge >= 0.3 is 4.87 Å².